The highest BCUT2D eigenvalue weighted by Gasteiger charge is 2.26. The van der Waals surface area contributed by atoms with Gasteiger partial charge in [0.2, 0.25) is 0 Å². The molecule has 8 heteroatoms. The summed E-state index contributed by atoms with van der Waals surface area (Å²) in [5, 5.41) is 5.60. The number of hydrogen-bond donors (Lipinski definition) is 1. The van der Waals surface area contributed by atoms with Crippen LogP contribution in [0.1, 0.15) is 25.6 Å². The van der Waals surface area contributed by atoms with Crippen molar-refractivity contribution in [3.8, 4) is 0 Å². The Balaban J connectivity index is 0.00000312. The lowest BCUT2D eigenvalue weighted by atomic mass is 9.91. The molecule has 0 aromatic carbocycles. The van der Waals surface area contributed by atoms with E-state index in [4.69, 9.17) is 4.74 Å². The molecule has 0 unspecified atom stereocenters. The second kappa shape index (κ2) is 10.2. The standard InChI is InChI=1S/C17H28N4O2S.HI/c1-5-23-16(22)21-10-8-20(9-11-21)15(18-4)19-13-17(2,3)14-7-6-12-24-14;/h6-7,12H,5,8-11,13H2,1-4H3,(H,18,19);1H. The number of carbonyl (C=O) groups excluding carboxylic acids is 1. The second-order valence-corrected chi connectivity index (χ2v) is 7.38. The molecule has 6 nitrogen and oxygen atoms in total. The molecule has 0 aliphatic carbocycles. The third kappa shape index (κ3) is 6.02. The smallest absolute Gasteiger partial charge is 0.409 e. The van der Waals surface area contributed by atoms with Crippen molar-refractivity contribution in [2.45, 2.75) is 26.2 Å². The Labute approximate surface area is 171 Å². The van der Waals surface area contributed by atoms with E-state index in [9.17, 15) is 4.79 Å². The van der Waals surface area contributed by atoms with Crippen LogP contribution in [0.25, 0.3) is 0 Å². The lowest BCUT2D eigenvalue weighted by Crippen LogP contribution is -2.54. The summed E-state index contributed by atoms with van der Waals surface area (Å²) >= 11 is 1.78. The number of guanidine groups is 1. The van der Waals surface area contributed by atoms with Gasteiger partial charge in [-0.1, -0.05) is 19.9 Å². The minimum Gasteiger partial charge on any atom is -0.450 e. The van der Waals surface area contributed by atoms with Gasteiger partial charge in [0.15, 0.2) is 5.96 Å². The van der Waals surface area contributed by atoms with E-state index in [2.05, 4.69) is 46.6 Å². The van der Waals surface area contributed by atoms with Gasteiger partial charge in [0, 0.05) is 50.1 Å². The van der Waals surface area contributed by atoms with Crippen molar-refractivity contribution in [2.75, 3.05) is 46.4 Å². The molecule has 0 radical (unpaired) electrons. The van der Waals surface area contributed by atoms with E-state index in [0.717, 1.165) is 25.6 Å². The molecule has 1 saturated heterocycles. The van der Waals surface area contributed by atoms with E-state index in [0.29, 0.717) is 19.7 Å². The van der Waals surface area contributed by atoms with Crippen LogP contribution in [0.3, 0.4) is 0 Å². The molecular weight excluding hydrogens is 451 g/mol. The van der Waals surface area contributed by atoms with E-state index in [1.165, 1.54) is 4.88 Å². The Morgan fingerprint density at radius 1 is 1.32 bits per heavy atom. The predicted octanol–water partition coefficient (Wildman–Crippen LogP) is 2.99. The van der Waals surface area contributed by atoms with E-state index in [-0.39, 0.29) is 35.5 Å². The van der Waals surface area contributed by atoms with Crippen LogP contribution in [0.5, 0.6) is 0 Å². The van der Waals surface area contributed by atoms with Gasteiger partial charge in [-0.2, -0.15) is 0 Å². The lowest BCUT2D eigenvalue weighted by Gasteiger charge is -2.36. The zero-order valence-electron chi connectivity index (χ0n) is 15.4. The summed E-state index contributed by atoms with van der Waals surface area (Å²) < 4.78 is 5.06. The van der Waals surface area contributed by atoms with Gasteiger partial charge in [-0.15, -0.1) is 35.3 Å². The fourth-order valence-corrected chi connectivity index (χ4v) is 3.55. The van der Waals surface area contributed by atoms with Crippen molar-refractivity contribution in [1.29, 1.82) is 0 Å². The first kappa shape index (κ1) is 22.0. The largest absolute Gasteiger partial charge is 0.450 e. The van der Waals surface area contributed by atoms with Crippen molar-refractivity contribution in [3.63, 3.8) is 0 Å². The highest BCUT2D eigenvalue weighted by atomic mass is 127. The van der Waals surface area contributed by atoms with Crippen LogP contribution in [0.15, 0.2) is 22.5 Å². The van der Waals surface area contributed by atoms with E-state index in [1.807, 2.05) is 6.92 Å². The fraction of sp³-hybridized carbons (Fsp3) is 0.647. The fourth-order valence-electron chi connectivity index (χ4n) is 2.70. The van der Waals surface area contributed by atoms with Gasteiger partial charge in [0.05, 0.1) is 6.61 Å². The van der Waals surface area contributed by atoms with Crippen LogP contribution in [-0.2, 0) is 10.2 Å². The van der Waals surface area contributed by atoms with Crippen molar-refractivity contribution in [3.05, 3.63) is 22.4 Å². The Kier molecular flexibility index (Phi) is 8.98. The molecule has 0 saturated carbocycles. The quantitative estimate of drug-likeness (QED) is 0.409. The molecule has 2 heterocycles. The van der Waals surface area contributed by atoms with Gasteiger partial charge in [0.25, 0.3) is 0 Å². The Hall–Kier alpha value is -1.03. The molecule has 142 valence electrons. The summed E-state index contributed by atoms with van der Waals surface area (Å²) in [4.78, 5) is 21.5. The summed E-state index contributed by atoms with van der Waals surface area (Å²) in [5.41, 5.74) is 0.0524. The summed E-state index contributed by atoms with van der Waals surface area (Å²) in [5.74, 6) is 0.892. The summed E-state index contributed by atoms with van der Waals surface area (Å²) in [6.45, 7) is 10.4. The van der Waals surface area contributed by atoms with E-state index in [1.54, 1.807) is 23.3 Å². The maximum atomic E-state index is 11.8. The van der Waals surface area contributed by atoms with Crippen LogP contribution in [-0.4, -0.2) is 68.2 Å². The lowest BCUT2D eigenvalue weighted by molar-refractivity contribution is 0.0914. The number of piperazine rings is 1. The first-order valence-electron chi connectivity index (χ1n) is 8.39. The Morgan fingerprint density at radius 3 is 2.48 bits per heavy atom. The molecule has 1 aliphatic heterocycles. The maximum absolute atomic E-state index is 11.8. The average molecular weight is 480 g/mol. The highest BCUT2D eigenvalue weighted by Crippen LogP contribution is 2.26. The van der Waals surface area contributed by atoms with E-state index < -0.39 is 0 Å². The van der Waals surface area contributed by atoms with Crippen molar-refractivity contribution < 1.29 is 9.53 Å². The van der Waals surface area contributed by atoms with Crippen LogP contribution >= 0.6 is 35.3 Å². The minimum atomic E-state index is -0.223. The Morgan fingerprint density at radius 2 is 1.96 bits per heavy atom. The number of thiophene rings is 1. The van der Waals surface area contributed by atoms with Gasteiger partial charge >= 0.3 is 6.09 Å². The van der Waals surface area contributed by atoms with Crippen molar-refractivity contribution in [2.24, 2.45) is 4.99 Å². The predicted molar refractivity (Wildman–Crippen MR) is 114 cm³/mol. The van der Waals surface area contributed by atoms with Crippen molar-refractivity contribution >= 4 is 47.4 Å². The number of nitrogens with zero attached hydrogens (tertiary/aromatic N) is 3. The van der Waals surface area contributed by atoms with E-state index >= 15 is 0 Å². The zero-order valence-corrected chi connectivity index (χ0v) is 18.6. The van der Waals surface area contributed by atoms with Crippen LogP contribution in [0.4, 0.5) is 4.79 Å². The SMILES string of the molecule is CCOC(=O)N1CCN(C(=NC)NCC(C)(C)c2cccs2)CC1.I. The third-order valence-electron chi connectivity index (χ3n) is 4.19. The monoisotopic (exact) mass is 480 g/mol. The zero-order chi connectivity index (χ0) is 17.6. The van der Waals surface area contributed by atoms with Gasteiger partial charge in [-0.25, -0.2) is 4.79 Å². The molecule has 1 amide bonds. The first-order chi connectivity index (χ1) is 11.5. The minimum absolute atomic E-state index is 0. The number of amides is 1. The molecule has 1 N–H and O–H groups in total. The van der Waals surface area contributed by atoms with Crippen LogP contribution < -0.4 is 5.32 Å². The average Bonchev–Trinajstić information content (AvgIpc) is 3.11. The molecule has 0 spiro atoms. The topological polar surface area (TPSA) is 57.2 Å². The summed E-state index contributed by atoms with van der Waals surface area (Å²) in [7, 11) is 1.80. The molecule has 2 rings (SSSR count). The Bertz CT molecular complexity index is 555. The number of carbonyl (C=O) groups is 1. The van der Waals surface area contributed by atoms with Gasteiger partial charge in [-0.3, -0.25) is 4.99 Å². The molecule has 1 fully saturated rings. The van der Waals surface area contributed by atoms with Crippen molar-refractivity contribution in [1.82, 2.24) is 15.1 Å². The van der Waals surface area contributed by atoms with Gasteiger partial charge < -0.3 is 19.9 Å². The van der Waals surface area contributed by atoms with Crippen LogP contribution in [0, 0.1) is 0 Å². The number of nitrogens with one attached hydrogen (secondary N) is 1. The molecular formula is C17H29IN4O2S. The van der Waals surface area contributed by atoms with Gasteiger partial charge in [-0.05, 0) is 18.4 Å². The maximum Gasteiger partial charge on any atom is 0.409 e. The molecule has 1 aromatic rings. The number of hydrogen-bond acceptors (Lipinski definition) is 4. The molecule has 1 aliphatic rings. The number of aliphatic imine (C=N–C) groups is 1. The normalized spacial score (nSPS) is 15.6. The van der Waals surface area contributed by atoms with Crippen LogP contribution in [0.2, 0.25) is 0 Å². The first-order valence-corrected chi connectivity index (χ1v) is 9.27. The summed E-state index contributed by atoms with van der Waals surface area (Å²) in [6.07, 6.45) is -0.223. The number of rotatable bonds is 4. The molecule has 0 bridgehead atoms. The third-order valence-corrected chi connectivity index (χ3v) is 5.43. The second-order valence-electron chi connectivity index (χ2n) is 6.43. The molecule has 0 atom stereocenters. The number of halogens is 1. The molecule has 1 aromatic heterocycles. The highest BCUT2D eigenvalue weighted by molar-refractivity contribution is 14.0. The van der Waals surface area contributed by atoms with Gasteiger partial charge in [0.1, 0.15) is 0 Å². The number of ether oxygens (including phenoxy) is 1. The summed E-state index contributed by atoms with van der Waals surface area (Å²) in [6, 6.07) is 4.26. The molecule has 25 heavy (non-hydrogen) atoms.